The van der Waals surface area contributed by atoms with Gasteiger partial charge in [-0.25, -0.2) is 5.43 Å². The third-order valence-electron chi connectivity index (χ3n) is 2.69. The molecule has 1 heterocycles. The van der Waals surface area contributed by atoms with Gasteiger partial charge in [-0.2, -0.15) is 5.10 Å². The Balaban J connectivity index is 1.85. The lowest BCUT2D eigenvalue weighted by Crippen LogP contribution is -2.21. The van der Waals surface area contributed by atoms with Crippen molar-refractivity contribution in [2.24, 2.45) is 5.10 Å². The van der Waals surface area contributed by atoms with Crippen molar-refractivity contribution >= 4 is 34.7 Å². The van der Waals surface area contributed by atoms with E-state index in [4.69, 9.17) is 4.74 Å². The lowest BCUT2D eigenvalue weighted by molar-refractivity contribution is -0.118. The van der Waals surface area contributed by atoms with Gasteiger partial charge in [0.05, 0.1) is 18.6 Å². The van der Waals surface area contributed by atoms with Crippen LogP contribution in [0.3, 0.4) is 0 Å². The first-order chi connectivity index (χ1) is 10.6. The summed E-state index contributed by atoms with van der Waals surface area (Å²) in [7, 11) is 1.62. The Morgan fingerprint density at radius 2 is 2.09 bits per heavy atom. The van der Waals surface area contributed by atoms with Gasteiger partial charge in [0.15, 0.2) is 4.34 Å². The first-order valence-corrected chi connectivity index (χ1v) is 8.29. The number of aryl methyl sites for hydroxylation is 1. The van der Waals surface area contributed by atoms with Crippen LogP contribution in [-0.4, -0.2) is 34.7 Å². The Morgan fingerprint density at radius 1 is 1.36 bits per heavy atom. The lowest BCUT2D eigenvalue weighted by atomic mass is 10.1. The number of thioether (sulfide) groups is 1. The third-order valence-corrected chi connectivity index (χ3v) is 4.66. The van der Waals surface area contributed by atoms with E-state index >= 15 is 0 Å². The van der Waals surface area contributed by atoms with Crippen molar-refractivity contribution in [3.63, 3.8) is 0 Å². The van der Waals surface area contributed by atoms with Gasteiger partial charge in [-0.15, -0.1) is 10.2 Å². The van der Waals surface area contributed by atoms with Gasteiger partial charge in [0, 0.05) is 0 Å². The van der Waals surface area contributed by atoms with Crippen molar-refractivity contribution in [2.75, 3.05) is 12.9 Å². The highest BCUT2D eigenvalue weighted by Crippen LogP contribution is 2.21. The van der Waals surface area contributed by atoms with Crippen LogP contribution in [0.2, 0.25) is 0 Å². The molecule has 116 valence electrons. The number of aromatic nitrogens is 2. The third kappa shape index (κ3) is 4.81. The van der Waals surface area contributed by atoms with E-state index in [0.29, 0.717) is 0 Å². The number of hydrogen-bond acceptors (Lipinski definition) is 7. The molecule has 1 aromatic heterocycles. The van der Waals surface area contributed by atoms with Crippen molar-refractivity contribution in [3.05, 3.63) is 34.8 Å². The second kappa shape index (κ2) is 7.90. The SMILES string of the molecule is COc1ccc(/C(C)=N/NC(=O)CSc2nnc(C)s2)cc1. The molecular formula is C14H16N4O2S2. The van der Waals surface area contributed by atoms with Crippen molar-refractivity contribution < 1.29 is 9.53 Å². The summed E-state index contributed by atoms with van der Waals surface area (Å²) in [6.07, 6.45) is 0. The summed E-state index contributed by atoms with van der Waals surface area (Å²) >= 11 is 2.82. The van der Waals surface area contributed by atoms with Gasteiger partial charge >= 0.3 is 0 Å². The number of rotatable bonds is 6. The van der Waals surface area contributed by atoms with Crippen LogP contribution in [0.15, 0.2) is 33.7 Å². The van der Waals surface area contributed by atoms with Gasteiger partial charge in [-0.05, 0) is 43.7 Å². The molecule has 0 saturated heterocycles. The molecule has 2 aromatic rings. The maximum Gasteiger partial charge on any atom is 0.250 e. The van der Waals surface area contributed by atoms with E-state index in [9.17, 15) is 4.79 Å². The minimum absolute atomic E-state index is 0.175. The molecule has 0 unspecified atom stereocenters. The zero-order valence-corrected chi connectivity index (χ0v) is 14.1. The summed E-state index contributed by atoms with van der Waals surface area (Å²) in [5.74, 6) is 0.864. The molecule has 6 nitrogen and oxygen atoms in total. The highest BCUT2D eigenvalue weighted by molar-refractivity contribution is 8.01. The Labute approximate surface area is 137 Å². The van der Waals surface area contributed by atoms with Crippen LogP contribution >= 0.6 is 23.1 Å². The maximum atomic E-state index is 11.8. The number of carbonyl (C=O) groups excluding carboxylic acids is 1. The minimum atomic E-state index is -0.175. The van der Waals surface area contributed by atoms with E-state index in [1.165, 1.54) is 23.1 Å². The van der Waals surface area contributed by atoms with E-state index < -0.39 is 0 Å². The molecule has 2 rings (SSSR count). The number of carbonyl (C=O) groups is 1. The topological polar surface area (TPSA) is 76.5 Å². The molecule has 0 fully saturated rings. The average Bonchev–Trinajstić information content (AvgIpc) is 2.96. The van der Waals surface area contributed by atoms with E-state index in [1.54, 1.807) is 7.11 Å². The zero-order valence-electron chi connectivity index (χ0n) is 12.5. The van der Waals surface area contributed by atoms with Crippen molar-refractivity contribution in [1.29, 1.82) is 0 Å². The number of hydrogen-bond donors (Lipinski definition) is 1. The van der Waals surface area contributed by atoms with Gasteiger partial charge in [0.2, 0.25) is 0 Å². The predicted molar refractivity (Wildman–Crippen MR) is 88.7 cm³/mol. The largest absolute Gasteiger partial charge is 0.497 e. The van der Waals surface area contributed by atoms with E-state index in [1.807, 2.05) is 38.1 Å². The first kappa shape index (κ1) is 16.4. The second-order valence-corrected chi connectivity index (χ2v) is 6.74. The predicted octanol–water partition coefficient (Wildman–Crippen LogP) is 2.49. The monoisotopic (exact) mass is 336 g/mol. The van der Waals surface area contributed by atoms with Gasteiger partial charge in [-0.1, -0.05) is 23.1 Å². The van der Waals surface area contributed by atoms with Gasteiger partial charge in [0.1, 0.15) is 10.8 Å². The number of benzene rings is 1. The van der Waals surface area contributed by atoms with Crippen LogP contribution in [0.25, 0.3) is 0 Å². The fourth-order valence-corrected chi connectivity index (χ4v) is 3.15. The summed E-state index contributed by atoms with van der Waals surface area (Å²) < 4.78 is 5.88. The molecule has 0 spiro atoms. The Hall–Kier alpha value is -1.93. The molecule has 0 aliphatic heterocycles. The Kier molecular flexibility index (Phi) is 5.91. The number of ether oxygens (including phenoxy) is 1. The van der Waals surface area contributed by atoms with Gasteiger partial charge in [0.25, 0.3) is 5.91 Å². The van der Waals surface area contributed by atoms with Crippen LogP contribution in [-0.2, 0) is 4.79 Å². The summed E-state index contributed by atoms with van der Waals surface area (Å²) in [5, 5.41) is 12.8. The molecule has 0 saturated carbocycles. The van der Waals surface area contributed by atoms with Crippen molar-refractivity contribution in [1.82, 2.24) is 15.6 Å². The molecule has 1 amide bonds. The molecule has 8 heteroatoms. The van der Waals surface area contributed by atoms with Crippen LogP contribution in [0.4, 0.5) is 0 Å². The molecule has 0 aliphatic carbocycles. The molecule has 0 atom stereocenters. The zero-order chi connectivity index (χ0) is 15.9. The number of hydrazone groups is 1. The van der Waals surface area contributed by atoms with E-state index in [0.717, 1.165) is 26.4 Å². The summed E-state index contributed by atoms with van der Waals surface area (Å²) in [4.78, 5) is 11.8. The number of nitrogens with one attached hydrogen (secondary N) is 1. The second-order valence-electron chi connectivity index (χ2n) is 4.34. The lowest BCUT2D eigenvalue weighted by Gasteiger charge is -2.04. The van der Waals surface area contributed by atoms with E-state index in [2.05, 4.69) is 20.7 Å². The normalized spacial score (nSPS) is 11.3. The Bertz CT molecular complexity index is 668. The molecule has 0 radical (unpaired) electrons. The highest BCUT2D eigenvalue weighted by atomic mass is 32.2. The molecule has 0 bridgehead atoms. The average molecular weight is 336 g/mol. The highest BCUT2D eigenvalue weighted by Gasteiger charge is 2.06. The minimum Gasteiger partial charge on any atom is -0.497 e. The summed E-state index contributed by atoms with van der Waals surface area (Å²) in [6.45, 7) is 3.72. The number of methoxy groups -OCH3 is 1. The molecule has 22 heavy (non-hydrogen) atoms. The maximum absolute atomic E-state index is 11.8. The summed E-state index contributed by atoms with van der Waals surface area (Å²) in [5.41, 5.74) is 4.19. The summed E-state index contributed by atoms with van der Waals surface area (Å²) in [6, 6.07) is 7.48. The number of nitrogens with zero attached hydrogens (tertiary/aromatic N) is 3. The van der Waals surface area contributed by atoms with Crippen LogP contribution in [0.1, 0.15) is 17.5 Å². The quantitative estimate of drug-likeness (QED) is 0.498. The van der Waals surface area contributed by atoms with Gasteiger partial charge < -0.3 is 4.74 Å². The van der Waals surface area contributed by atoms with Crippen LogP contribution < -0.4 is 10.2 Å². The fraction of sp³-hybridized carbons (Fsp3) is 0.286. The van der Waals surface area contributed by atoms with Crippen LogP contribution in [0, 0.1) is 6.92 Å². The molecule has 1 N–H and O–H groups in total. The molecular weight excluding hydrogens is 320 g/mol. The fourth-order valence-electron chi connectivity index (χ4n) is 1.54. The van der Waals surface area contributed by atoms with E-state index in [-0.39, 0.29) is 11.7 Å². The standard InChI is InChI=1S/C14H16N4O2S2/c1-9(11-4-6-12(20-3)7-5-11)15-17-13(19)8-21-14-18-16-10(2)22-14/h4-7H,8H2,1-3H3,(H,17,19)/b15-9+. The van der Waals surface area contributed by atoms with Crippen molar-refractivity contribution in [2.45, 2.75) is 18.2 Å². The Morgan fingerprint density at radius 3 is 2.68 bits per heavy atom. The molecule has 0 aliphatic rings. The molecule has 1 aromatic carbocycles. The van der Waals surface area contributed by atoms with Crippen molar-refractivity contribution in [3.8, 4) is 5.75 Å². The smallest absolute Gasteiger partial charge is 0.250 e. The first-order valence-electron chi connectivity index (χ1n) is 6.49. The van der Waals surface area contributed by atoms with Crippen LogP contribution in [0.5, 0.6) is 5.75 Å². The van der Waals surface area contributed by atoms with Gasteiger partial charge in [-0.3, -0.25) is 4.79 Å². The number of amides is 1.